The molecule has 0 heterocycles. The zero-order valence-corrected chi connectivity index (χ0v) is 17.8. The molecule has 1 rings (SSSR count). The molecule has 1 aromatic rings. The molecular formula is C18H23N3O11. The zero-order valence-electron chi connectivity index (χ0n) is 17.8. The molecule has 0 radical (unpaired) electrons. The summed E-state index contributed by atoms with van der Waals surface area (Å²) in [5.74, 6) is -1.69. The lowest BCUT2D eigenvalue weighted by Gasteiger charge is -2.28. The number of benzene rings is 1. The van der Waals surface area contributed by atoms with E-state index in [1.165, 1.54) is 52.0 Å². The maximum Gasteiger partial charge on any atom is 0.295 e. The van der Waals surface area contributed by atoms with Crippen molar-refractivity contribution in [3.8, 4) is 5.75 Å². The molecule has 0 bridgehead atoms. The van der Waals surface area contributed by atoms with Crippen molar-refractivity contribution in [1.29, 1.82) is 0 Å². The van der Waals surface area contributed by atoms with Crippen molar-refractivity contribution in [3.63, 3.8) is 0 Å². The summed E-state index contributed by atoms with van der Waals surface area (Å²) in [5.41, 5.74) is -2.54. The van der Waals surface area contributed by atoms with Gasteiger partial charge in [-0.25, -0.2) is 0 Å². The van der Waals surface area contributed by atoms with E-state index in [0.717, 1.165) is 0 Å². The van der Waals surface area contributed by atoms with Gasteiger partial charge in [-0.3, -0.25) is 14.4 Å². The third-order valence-electron chi connectivity index (χ3n) is 4.02. The molecule has 0 aliphatic carbocycles. The Morgan fingerprint density at radius 1 is 0.844 bits per heavy atom. The monoisotopic (exact) mass is 457 g/mol. The van der Waals surface area contributed by atoms with Crippen LogP contribution in [0.4, 0.5) is 5.69 Å². The van der Waals surface area contributed by atoms with Gasteiger partial charge in [0.15, 0.2) is 24.6 Å². The highest BCUT2D eigenvalue weighted by molar-refractivity contribution is 5.92. The first-order valence-corrected chi connectivity index (χ1v) is 9.07. The minimum absolute atomic E-state index is 0.276. The summed E-state index contributed by atoms with van der Waals surface area (Å²) in [6, 6.07) is 5.83. The van der Waals surface area contributed by atoms with Gasteiger partial charge in [0.2, 0.25) is 11.7 Å². The van der Waals surface area contributed by atoms with E-state index in [4.69, 9.17) is 9.47 Å². The van der Waals surface area contributed by atoms with Crippen LogP contribution in [0.2, 0.25) is 0 Å². The Bertz CT molecular complexity index is 865. The predicted molar refractivity (Wildman–Crippen MR) is 106 cm³/mol. The maximum absolute atomic E-state index is 12.5. The van der Waals surface area contributed by atoms with Crippen LogP contribution < -0.4 is 10.1 Å². The van der Waals surface area contributed by atoms with Crippen LogP contribution in [0.25, 0.3) is 0 Å². The number of hydrogen-bond donors (Lipinski definition) is 1. The molecule has 0 aromatic heterocycles. The average Bonchev–Trinajstić information content (AvgIpc) is 2.69. The first kappa shape index (κ1) is 26.2. The highest BCUT2D eigenvalue weighted by Crippen LogP contribution is 2.22. The standard InChI is InChI=1S/C18H23N3O11/c1-17(2,15(23)10-30-20(25)26)29-9-14(22)18(3,4)32-13-7-5-12(6-8-13)19-16(24)11-31-21(27)28/h5-8H,9-11H2,1-4H3,(H,19,24). The molecule has 0 atom stereocenters. The first-order valence-electron chi connectivity index (χ1n) is 9.07. The van der Waals surface area contributed by atoms with Gasteiger partial charge in [0.05, 0.1) is 0 Å². The van der Waals surface area contributed by atoms with Gasteiger partial charge in [-0.05, 0) is 52.0 Å². The number of rotatable bonds is 14. The summed E-state index contributed by atoms with van der Waals surface area (Å²) in [6.45, 7) is 3.59. The van der Waals surface area contributed by atoms with Crippen molar-refractivity contribution < 1.29 is 43.7 Å². The van der Waals surface area contributed by atoms with Gasteiger partial charge in [0, 0.05) is 5.69 Å². The average molecular weight is 457 g/mol. The molecular weight excluding hydrogens is 434 g/mol. The molecule has 0 fully saturated rings. The number of amides is 1. The molecule has 0 unspecified atom stereocenters. The fourth-order valence-electron chi connectivity index (χ4n) is 2.05. The van der Waals surface area contributed by atoms with E-state index >= 15 is 0 Å². The van der Waals surface area contributed by atoms with E-state index in [0.29, 0.717) is 5.69 Å². The van der Waals surface area contributed by atoms with Gasteiger partial charge < -0.3 is 24.5 Å². The number of carbonyl (C=O) groups excluding carboxylic acids is 3. The first-order chi connectivity index (χ1) is 14.7. The van der Waals surface area contributed by atoms with Crippen molar-refractivity contribution >= 4 is 23.2 Å². The molecule has 0 aliphatic heterocycles. The molecule has 0 aliphatic rings. The van der Waals surface area contributed by atoms with Gasteiger partial charge in [-0.2, -0.15) is 0 Å². The van der Waals surface area contributed by atoms with Gasteiger partial charge in [-0.15, -0.1) is 20.2 Å². The number of carbonyl (C=O) groups is 3. The third kappa shape index (κ3) is 8.91. The summed E-state index contributed by atoms with van der Waals surface area (Å²) in [5, 5.41) is 20.5. The number of anilines is 1. The van der Waals surface area contributed by atoms with E-state index in [-0.39, 0.29) is 5.75 Å². The predicted octanol–water partition coefficient (Wildman–Crippen LogP) is 1.13. The second-order valence-corrected chi connectivity index (χ2v) is 7.32. The Kier molecular flexibility index (Phi) is 9.01. The van der Waals surface area contributed by atoms with Crippen molar-refractivity contribution in [1.82, 2.24) is 0 Å². The Morgan fingerprint density at radius 2 is 1.34 bits per heavy atom. The highest BCUT2D eigenvalue weighted by Gasteiger charge is 2.35. The number of ketones is 2. The lowest BCUT2D eigenvalue weighted by atomic mass is 10.0. The Balaban J connectivity index is 2.62. The molecule has 0 spiro atoms. The topological polar surface area (TPSA) is 186 Å². The Labute approximate surface area is 182 Å². The number of Topliss-reactive ketones (excluding diaryl/α,β-unsaturated/α-hetero) is 2. The zero-order chi connectivity index (χ0) is 24.5. The van der Waals surface area contributed by atoms with Crippen molar-refractivity contribution in [2.24, 2.45) is 0 Å². The second-order valence-electron chi connectivity index (χ2n) is 7.32. The van der Waals surface area contributed by atoms with Crippen LogP contribution in [0.1, 0.15) is 27.7 Å². The highest BCUT2D eigenvalue weighted by atomic mass is 17.0. The number of nitrogens with zero attached hydrogens (tertiary/aromatic N) is 2. The summed E-state index contributed by atoms with van der Waals surface area (Å²) in [4.78, 5) is 64.2. The normalized spacial score (nSPS) is 11.2. The lowest BCUT2D eigenvalue weighted by Crippen LogP contribution is -2.45. The maximum atomic E-state index is 12.5. The SMILES string of the molecule is CC(C)(OCC(=O)C(C)(C)Oc1ccc(NC(=O)CO[N+](=O)[O-])cc1)C(=O)CO[N+](=O)[O-]. The summed E-state index contributed by atoms with van der Waals surface area (Å²) >= 11 is 0. The molecule has 1 N–H and O–H groups in total. The number of hydrogen-bond acceptors (Lipinski definition) is 11. The van der Waals surface area contributed by atoms with E-state index < -0.39 is 58.7 Å². The number of nitrogens with one attached hydrogen (secondary N) is 1. The second kappa shape index (κ2) is 11.0. The van der Waals surface area contributed by atoms with Crippen molar-refractivity contribution in [2.75, 3.05) is 25.1 Å². The van der Waals surface area contributed by atoms with Crippen LogP contribution >= 0.6 is 0 Å². The summed E-state index contributed by atoms with van der Waals surface area (Å²) in [7, 11) is 0. The minimum atomic E-state index is -1.50. The van der Waals surface area contributed by atoms with E-state index in [1.807, 2.05) is 0 Å². The molecule has 32 heavy (non-hydrogen) atoms. The fraction of sp³-hybridized carbons (Fsp3) is 0.500. The molecule has 14 nitrogen and oxygen atoms in total. The van der Waals surface area contributed by atoms with E-state index in [9.17, 15) is 34.6 Å². The minimum Gasteiger partial charge on any atom is -0.480 e. The summed E-state index contributed by atoms with van der Waals surface area (Å²) < 4.78 is 11.0. The van der Waals surface area contributed by atoms with Gasteiger partial charge in [0.1, 0.15) is 18.0 Å². The van der Waals surface area contributed by atoms with Crippen molar-refractivity contribution in [2.45, 2.75) is 38.9 Å². The molecule has 176 valence electrons. The van der Waals surface area contributed by atoms with Gasteiger partial charge >= 0.3 is 0 Å². The van der Waals surface area contributed by atoms with Gasteiger partial charge in [-0.1, -0.05) is 0 Å². The molecule has 0 saturated carbocycles. The van der Waals surface area contributed by atoms with E-state index in [1.54, 1.807) is 0 Å². The van der Waals surface area contributed by atoms with Crippen LogP contribution in [0.15, 0.2) is 24.3 Å². The largest absolute Gasteiger partial charge is 0.480 e. The van der Waals surface area contributed by atoms with Gasteiger partial charge in [0.25, 0.3) is 10.2 Å². The summed E-state index contributed by atoms with van der Waals surface area (Å²) in [6.07, 6.45) is 0. The molecule has 0 saturated heterocycles. The van der Waals surface area contributed by atoms with Crippen molar-refractivity contribution in [3.05, 3.63) is 44.5 Å². The fourth-order valence-corrected chi connectivity index (χ4v) is 2.05. The van der Waals surface area contributed by atoms with Crippen LogP contribution in [0.5, 0.6) is 5.75 Å². The van der Waals surface area contributed by atoms with Crippen LogP contribution in [-0.4, -0.2) is 58.7 Å². The lowest BCUT2D eigenvalue weighted by molar-refractivity contribution is -0.754. The smallest absolute Gasteiger partial charge is 0.295 e. The quantitative estimate of drug-likeness (QED) is 0.312. The van der Waals surface area contributed by atoms with E-state index in [2.05, 4.69) is 15.0 Å². The molecule has 14 heteroatoms. The Hall–Kier alpha value is -3.81. The number of ether oxygens (including phenoxy) is 2. The van der Waals surface area contributed by atoms with Crippen LogP contribution in [-0.2, 0) is 28.8 Å². The van der Waals surface area contributed by atoms with Crippen LogP contribution in [0.3, 0.4) is 0 Å². The third-order valence-corrected chi connectivity index (χ3v) is 4.02. The molecule has 1 aromatic carbocycles. The van der Waals surface area contributed by atoms with Crippen LogP contribution in [0, 0.1) is 20.2 Å². The Morgan fingerprint density at radius 3 is 1.88 bits per heavy atom. The molecule has 1 amide bonds.